The van der Waals surface area contributed by atoms with E-state index in [1.807, 2.05) is 35.9 Å². The van der Waals surface area contributed by atoms with E-state index in [0.717, 1.165) is 55.6 Å². The topological polar surface area (TPSA) is 72.7 Å². The summed E-state index contributed by atoms with van der Waals surface area (Å²) >= 11 is 0. The third-order valence-electron chi connectivity index (χ3n) is 4.11. The lowest BCUT2D eigenvalue weighted by atomic mass is 10.3. The van der Waals surface area contributed by atoms with Crippen LogP contribution in [0.4, 0.5) is 0 Å². The summed E-state index contributed by atoms with van der Waals surface area (Å²) in [5.74, 6) is 2.49. The normalized spacial score (nSPS) is 10.9. The number of nitrogens with one attached hydrogen (secondary N) is 2. The minimum atomic E-state index is 0. The number of hydrogen-bond donors (Lipinski definition) is 2. The molecule has 0 aliphatic carbocycles. The van der Waals surface area contributed by atoms with Gasteiger partial charge in [-0.25, -0.2) is 0 Å². The van der Waals surface area contributed by atoms with Crippen molar-refractivity contribution in [2.24, 2.45) is 4.99 Å². The van der Waals surface area contributed by atoms with Crippen molar-refractivity contribution in [2.75, 3.05) is 33.9 Å². The van der Waals surface area contributed by atoms with Crippen molar-refractivity contribution >= 4 is 29.9 Å². The summed E-state index contributed by atoms with van der Waals surface area (Å²) in [5.41, 5.74) is 2.27. The SMILES string of the molecule is CN=C(NCCCOc1ccc(OC)cc1)NCCCn1nc(C)cc1C.I. The second-order valence-corrected chi connectivity index (χ2v) is 6.31. The number of nitrogens with zero attached hydrogens (tertiary/aromatic N) is 3. The summed E-state index contributed by atoms with van der Waals surface area (Å²) in [6.45, 7) is 7.30. The molecule has 0 aliphatic heterocycles. The maximum Gasteiger partial charge on any atom is 0.190 e. The predicted molar refractivity (Wildman–Crippen MR) is 124 cm³/mol. The maximum atomic E-state index is 5.72. The fourth-order valence-electron chi connectivity index (χ4n) is 2.70. The highest BCUT2D eigenvalue weighted by molar-refractivity contribution is 14.0. The molecule has 1 aromatic heterocycles. The number of aryl methyl sites for hydroxylation is 3. The van der Waals surface area contributed by atoms with Gasteiger partial charge in [-0.1, -0.05) is 0 Å². The molecule has 0 amide bonds. The van der Waals surface area contributed by atoms with Crippen molar-refractivity contribution in [3.8, 4) is 11.5 Å². The Bertz CT molecular complexity index is 716. The van der Waals surface area contributed by atoms with E-state index in [0.29, 0.717) is 6.61 Å². The van der Waals surface area contributed by atoms with E-state index < -0.39 is 0 Å². The molecule has 2 N–H and O–H groups in total. The Kier molecular flexibility index (Phi) is 11.4. The predicted octanol–water partition coefficient (Wildman–Crippen LogP) is 3.15. The molecule has 1 aromatic carbocycles. The number of ether oxygens (including phenoxy) is 2. The molecular weight excluding hydrogens is 469 g/mol. The van der Waals surface area contributed by atoms with Gasteiger partial charge >= 0.3 is 0 Å². The molecule has 0 radical (unpaired) electrons. The molecule has 28 heavy (non-hydrogen) atoms. The van der Waals surface area contributed by atoms with Crippen molar-refractivity contribution in [3.05, 3.63) is 41.7 Å². The van der Waals surface area contributed by atoms with Crippen LogP contribution in [0.5, 0.6) is 11.5 Å². The molecule has 0 spiro atoms. The molecule has 156 valence electrons. The average molecular weight is 501 g/mol. The van der Waals surface area contributed by atoms with Crippen LogP contribution in [0.3, 0.4) is 0 Å². The van der Waals surface area contributed by atoms with Gasteiger partial charge in [0.25, 0.3) is 0 Å². The number of aliphatic imine (C=N–C) groups is 1. The van der Waals surface area contributed by atoms with E-state index in [1.54, 1.807) is 14.2 Å². The number of halogens is 1. The zero-order valence-corrected chi connectivity index (χ0v) is 19.5. The largest absolute Gasteiger partial charge is 0.497 e. The van der Waals surface area contributed by atoms with Crippen LogP contribution in [0.2, 0.25) is 0 Å². The van der Waals surface area contributed by atoms with Crippen molar-refractivity contribution in [3.63, 3.8) is 0 Å². The van der Waals surface area contributed by atoms with Crippen LogP contribution >= 0.6 is 24.0 Å². The van der Waals surface area contributed by atoms with Gasteiger partial charge in [0.1, 0.15) is 11.5 Å². The lowest BCUT2D eigenvalue weighted by Crippen LogP contribution is -2.38. The lowest BCUT2D eigenvalue weighted by Gasteiger charge is -2.12. The van der Waals surface area contributed by atoms with Crippen LogP contribution in [-0.4, -0.2) is 49.6 Å². The molecule has 7 nitrogen and oxygen atoms in total. The molecule has 8 heteroatoms. The number of rotatable bonds is 10. The summed E-state index contributed by atoms with van der Waals surface area (Å²) in [4.78, 5) is 4.25. The molecule has 1 heterocycles. The third kappa shape index (κ3) is 8.37. The number of hydrogen-bond acceptors (Lipinski definition) is 4. The highest BCUT2D eigenvalue weighted by atomic mass is 127. The quantitative estimate of drug-likeness (QED) is 0.227. The first kappa shape index (κ1) is 24.1. The van der Waals surface area contributed by atoms with Gasteiger partial charge in [-0.05, 0) is 57.0 Å². The minimum absolute atomic E-state index is 0. The minimum Gasteiger partial charge on any atom is -0.497 e. The Labute approximate surface area is 184 Å². The number of guanidine groups is 1. The molecule has 0 fully saturated rings. The van der Waals surface area contributed by atoms with Crippen LogP contribution in [0.1, 0.15) is 24.2 Å². The highest BCUT2D eigenvalue weighted by Crippen LogP contribution is 2.16. The van der Waals surface area contributed by atoms with E-state index in [-0.39, 0.29) is 24.0 Å². The van der Waals surface area contributed by atoms with Crippen LogP contribution in [-0.2, 0) is 6.54 Å². The van der Waals surface area contributed by atoms with Gasteiger partial charge in [-0.3, -0.25) is 9.67 Å². The lowest BCUT2D eigenvalue weighted by molar-refractivity contribution is 0.310. The van der Waals surface area contributed by atoms with Gasteiger partial charge < -0.3 is 20.1 Å². The Hall–Kier alpha value is -1.97. The molecule has 0 bridgehead atoms. The molecule has 0 atom stereocenters. The van der Waals surface area contributed by atoms with Gasteiger partial charge in [-0.2, -0.15) is 5.10 Å². The molecule has 2 aromatic rings. The third-order valence-corrected chi connectivity index (χ3v) is 4.11. The van der Waals surface area contributed by atoms with Gasteiger partial charge in [-0.15, -0.1) is 24.0 Å². The Morgan fingerprint density at radius 1 is 1.07 bits per heavy atom. The summed E-state index contributed by atoms with van der Waals surface area (Å²) < 4.78 is 12.9. The smallest absolute Gasteiger partial charge is 0.190 e. The van der Waals surface area contributed by atoms with Crippen molar-refractivity contribution < 1.29 is 9.47 Å². The zero-order valence-electron chi connectivity index (χ0n) is 17.2. The number of aromatic nitrogens is 2. The van der Waals surface area contributed by atoms with Gasteiger partial charge in [0, 0.05) is 32.4 Å². The Morgan fingerprint density at radius 2 is 1.71 bits per heavy atom. The van der Waals surface area contributed by atoms with Crippen LogP contribution in [0.15, 0.2) is 35.3 Å². The van der Waals surface area contributed by atoms with Gasteiger partial charge in [0.15, 0.2) is 5.96 Å². The van der Waals surface area contributed by atoms with Gasteiger partial charge in [0.05, 0.1) is 19.4 Å². The fraction of sp³-hybridized carbons (Fsp3) is 0.500. The molecule has 0 saturated heterocycles. The van der Waals surface area contributed by atoms with E-state index in [1.165, 1.54) is 5.69 Å². The first-order valence-electron chi connectivity index (χ1n) is 9.35. The number of methoxy groups -OCH3 is 1. The van der Waals surface area contributed by atoms with Gasteiger partial charge in [0.2, 0.25) is 0 Å². The Balaban J connectivity index is 0.00000392. The first-order chi connectivity index (χ1) is 13.1. The first-order valence-corrected chi connectivity index (χ1v) is 9.35. The summed E-state index contributed by atoms with van der Waals surface area (Å²) in [7, 11) is 3.44. The van der Waals surface area contributed by atoms with Crippen molar-refractivity contribution in [2.45, 2.75) is 33.2 Å². The summed E-state index contributed by atoms with van der Waals surface area (Å²) in [5, 5.41) is 11.1. The van der Waals surface area contributed by atoms with Crippen LogP contribution in [0.25, 0.3) is 0 Å². The molecule has 0 unspecified atom stereocenters. The van der Waals surface area contributed by atoms with E-state index in [4.69, 9.17) is 9.47 Å². The van der Waals surface area contributed by atoms with Crippen molar-refractivity contribution in [1.29, 1.82) is 0 Å². The standard InChI is InChI=1S/C20H31N5O2.HI/c1-16-15-17(2)25(24-16)13-5-11-22-20(21-3)23-12-6-14-27-19-9-7-18(26-4)8-10-19;/h7-10,15H,5-6,11-14H2,1-4H3,(H2,21,22,23);1H. The second kappa shape index (κ2) is 13.2. The van der Waals surface area contributed by atoms with Crippen molar-refractivity contribution in [1.82, 2.24) is 20.4 Å². The maximum absolute atomic E-state index is 5.72. The molecular formula is C20H32IN5O2. The van der Waals surface area contributed by atoms with Crippen LogP contribution < -0.4 is 20.1 Å². The molecule has 0 saturated carbocycles. The Morgan fingerprint density at radius 3 is 2.29 bits per heavy atom. The molecule has 0 aliphatic rings. The fourth-order valence-corrected chi connectivity index (χ4v) is 2.70. The van der Waals surface area contributed by atoms with E-state index >= 15 is 0 Å². The monoisotopic (exact) mass is 501 g/mol. The summed E-state index contributed by atoms with van der Waals surface area (Å²) in [6, 6.07) is 9.71. The summed E-state index contributed by atoms with van der Waals surface area (Å²) in [6.07, 6.45) is 1.88. The van der Waals surface area contributed by atoms with E-state index in [2.05, 4.69) is 33.7 Å². The average Bonchev–Trinajstić information content (AvgIpc) is 3.00. The second-order valence-electron chi connectivity index (χ2n) is 6.31. The molecule has 2 rings (SSSR count). The number of benzene rings is 1. The van der Waals surface area contributed by atoms with E-state index in [9.17, 15) is 0 Å². The van der Waals surface area contributed by atoms with Crippen LogP contribution in [0, 0.1) is 13.8 Å². The highest BCUT2D eigenvalue weighted by Gasteiger charge is 2.01. The zero-order chi connectivity index (χ0) is 19.5.